The van der Waals surface area contributed by atoms with Crippen molar-refractivity contribution in [2.45, 2.75) is 31.2 Å². The summed E-state index contributed by atoms with van der Waals surface area (Å²) < 4.78 is 41.9. The molecule has 190 valence electrons. The predicted octanol–water partition coefficient (Wildman–Crippen LogP) is 2.27. The Bertz CT molecular complexity index is 1560. The molecule has 12 nitrogen and oxygen atoms in total. The Kier molecular flexibility index (Phi) is 5.27. The van der Waals surface area contributed by atoms with Crippen molar-refractivity contribution in [3.63, 3.8) is 0 Å². The molecule has 37 heavy (non-hydrogen) atoms. The van der Waals surface area contributed by atoms with Crippen LogP contribution in [0.15, 0.2) is 48.8 Å². The van der Waals surface area contributed by atoms with Crippen molar-refractivity contribution in [1.29, 1.82) is 0 Å². The van der Waals surface area contributed by atoms with E-state index in [4.69, 9.17) is 11.6 Å². The number of rotatable bonds is 5. The van der Waals surface area contributed by atoms with E-state index in [-0.39, 0.29) is 22.9 Å². The minimum atomic E-state index is -2.81. The summed E-state index contributed by atoms with van der Waals surface area (Å²) in [7, 11) is 0. The van der Waals surface area contributed by atoms with E-state index in [1.54, 1.807) is 6.92 Å². The number of amides is 1. The number of carbonyl (C=O) groups is 1. The van der Waals surface area contributed by atoms with Gasteiger partial charge in [-0.3, -0.25) is 4.79 Å². The highest BCUT2D eigenvalue weighted by Crippen LogP contribution is 2.50. The highest BCUT2D eigenvalue weighted by atomic mass is 35.5. The van der Waals surface area contributed by atoms with E-state index in [9.17, 15) is 18.0 Å². The first kappa shape index (κ1) is 23.2. The molecule has 0 radical (unpaired) electrons. The Labute approximate surface area is 211 Å². The third-order valence-electron chi connectivity index (χ3n) is 6.40. The van der Waals surface area contributed by atoms with Crippen LogP contribution in [0.2, 0.25) is 5.02 Å². The van der Waals surface area contributed by atoms with Crippen molar-refractivity contribution in [1.82, 2.24) is 50.5 Å². The molecular weight excluding hydrogens is 515 g/mol. The number of pyridine rings is 1. The number of hydrogen-bond acceptors (Lipinski definition) is 9. The second-order valence-electron chi connectivity index (χ2n) is 8.69. The predicted molar refractivity (Wildman–Crippen MR) is 123 cm³/mol. The van der Waals surface area contributed by atoms with Gasteiger partial charge in [0.2, 0.25) is 11.9 Å². The zero-order valence-electron chi connectivity index (χ0n) is 18.9. The van der Waals surface area contributed by atoms with E-state index in [2.05, 4.69) is 41.5 Å². The molecule has 0 fully saturated rings. The maximum atomic E-state index is 14.1. The number of allylic oxidation sites excluding steroid dienone is 1. The lowest BCUT2D eigenvalue weighted by Gasteiger charge is -2.26. The zero-order valence-corrected chi connectivity index (χ0v) is 19.7. The molecular formula is C21H17ClF3N11O. The van der Waals surface area contributed by atoms with Crippen LogP contribution in [0.25, 0.3) is 11.5 Å². The molecule has 1 amide bonds. The smallest absolute Gasteiger partial charge is 0.324 e. The third-order valence-corrected chi connectivity index (χ3v) is 6.68. The van der Waals surface area contributed by atoms with Crippen LogP contribution in [0.4, 0.5) is 18.9 Å². The summed E-state index contributed by atoms with van der Waals surface area (Å²) in [6, 6.07) is 2.66. The van der Waals surface area contributed by atoms with Gasteiger partial charge in [0.05, 0.1) is 52.0 Å². The molecule has 1 aliphatic carbocycles. The highest BCUT2D eigenvalue weighted by molar-refractivity contribution is 6.32. The summed E-state index contributed by atoms with van der Waals surface area (Å²) in [5.74, 6) is -1.67. The van der Waals surface area contributed by atoms with Gasteiger partial charge in [-0.05, 0) is 19.4 Å². The molecule has 4 aromatic heterocycles. The van der Waals surface area contributed by atoms with Gasteiger partial charge in [-0.1, -0.05) is 11.6 Å². The Morgan fingerprint density at radius 3 is 2.73 bits per heavy atom. The van der Waals surface area contributed by atoms with Crippen LogP contribution < -0.4 is 16.3 Å². The van der Waals surface area contributed by atoms with Crippen molar-refractivity contribution in [2.75, 3.05) is 5.32 Å². The fraction of sp³-hybridized carbons (Fsp3) is 0.238. The molecule has 3 N–H and O–H groups in total. The van der Waals surface area contributed by atoms with Gasteiger partial charge < -0.3 is 10.7 Å². The van der Waals surface area contributed by atoms with Crippen molar-refractivity contribution >= 4 is 28.8 Å². The number of hydrogen-bond donors (Lipinski definition) is 3. The molecule has 16 heteroatoms. The number of hydrazine groups is 2. The topological polar surface area (TPSA) is 130 Å². The van der Waals surface area contributed by atoms with Gasteiger partial charge in [-0.15, -0.1) is 15.4 Å². The van der Waals surface area contributed by atoms with E-state index in [0.29, 0.717) is 27.7 Å². The number of alkyl halides is 2. The molecule has 2 aliphatic rings. The summed E-state index contributed by atoms with van der Waals surface area (Å²) in [6.07, 6.45) is 7.21. The fourth-order valence-electron chi connectivity index (χ4n) is 4.73. The first-order valence-electron chi connectivity index (χ1n) is 10.9. The molecule has 5 heterocycles. The number of nitrogens with zero attached hydrogens (tertiary/aromatic N) is 8. The van der Waals surface area contributed by atoms with Gasteiger partial charge in [-0.2, -0.15) is 23.4 Å². The molecule has 0 unspecified atom stereocenters. The van der Waals surface area contributed by atoms with Crippen LogP contribution in [-0.4, -0.2) is 52.0 Å². The fourth-order valence-corrected chi connectivity index (χ4v) is 4.97. The summed E-state index contributed by atoms with van der Waals surface area (Å²) in [5, 5.41) is 15.5. The Balaban J connectivity index is 1.37. The van der Waals surface area contributed by atoms with E-state index in [1.807, 2.05) is 0 Å². The van der Waals surface area contributed by atoms with Gasteiger partial charge in [0.15, 0.2) is 11.5 Å². The Morgan fingerprint density at radius 1 is 1.24 bits per heavy atom. The summed E-state index contributed by atoms with van der Waals surface area (Å²) >= 11 is 6.32. The van der Waals surface area contributed by atoms with E-state index in [0.717, 1.165) is 6.07 Å². The Morgan fingerprint density at radius 2 is 2.03 bits per heavy atom. The second-order valence-corrected chi connectivity index (χ2v) is 9.10. The average molecular weight is 532 g/mol. The molecule has 6 rings (SSSR count). The largest absolute Gasteiger partial charge is 0.329 e. The lowest BCUT2D eigenvalue weighted by Crippen LogP contribution is -2.41. The first-order valence-corrected chi connectivity index (χ1v) is 11.3. The number of halogens is 4. The number of nitrogens with one attached hydrogen (secondary N) is 3. The van der Waals surface area contributed by atoms with Crippen molar-refractivity contribution in [3.8, 4) is 5.82 Å². The molecule has 4 aromatic rings. The number of carbonyl (C=O) groups excluding carboxylic acids is 1. The van der Waals surface area contributed by atoms with Crippen molar-refractivity contribution in [2.24, 2.45) is 0 Å². The quantitative estimate of drug-likeness (QED) is 0.332. The van der Waals surface area contributed by atoms with Crippen molar-refractivity contribution < 1.29 is 18.0 Å². The van der Waals surface area contributed by atoms with Crippen LogP contribution in [0.3, 0.4) is 0 Å². The van der Waals surface area contributed by atoms with Gasteiger partial charge in [0.25, 0.3) is 0 Å². The first-order chi connectivity index (χ1) is 17.7. The summed E-state index contributed by atoms with van der Waals surface area (Å²) in [5.41, 5.74) is 5.93. The van der Waals surface area contributed by atoms with Crippen molar-refractivity contribution in [3.05, 3.63) is 71.0 Å². The summed E-state index contributed by atoms with van der Waals surface area (Å²) in [6.45, 7) is -1.05. The summed E-state index contributed by atoms with van der Waals surface area (Å²) in [4.78, 5) is 23.2. The van der Waals surface area contributed by atoms with Gasteiger partial charge in [-0.25, -0.2) is 19.5 Å². The molecule has 0 bridgehead atoms. The lowest BCUT2D eigenvalue weighted by molar-refractivity contribution is -0.117. The lowest BCUT2D eigenvalue weighted by atomic mass is 9.83. The minimum Gasteiger partial charge on any atom is -0.324 e. The Hall–Kier alpha value is -4.24. The van der Waals surface area contributed by atoms with Crippen LogP contribution in [0.5, 0.6) is 0 Å². The maximum absolute atomic E-state index is 14.1. The van der Waals surface area contributed by atoms with Crippen LogP contribution in [0.1, 0.15) is 30.5 Å². The van der Waals surface area contributed by atoms with Crippen LogP contribution >= 0.6 is 11.6 Å². The monoisotopic (exact) mass is 531 g/mol. The zero-order chi connectivity index (χ0) is 25.9. The molecule has 2 atom stereocenters. The normalized spacial score (nSPS) is 20.9. The average Bonchev–Trinajstić information content (AvgIpc) is 3.64. The highest BCUT2D eigenvalue weighted by Gasteiger charge is 2.50. The second kappa shape index (κ2) is 8.41. The standard InChI is InChI=1S/C21H17ClF3N11O/c1-21(14-9-34(20(24)25)33-31-14)6-11(12-8-26-16-5-15(23)32-35(16)17(12)21)19(37)30-10-4-13(22)18(27-7-10)36-28-2-3-29-36/h2-5,7-9,11,20,31,33H,6H2,1H3,(H,30,37)/t11-,21-/m1/s1. The number of fused-ring (bicyclic) bond motifs is 3. The number of anilines is 1. The molecule has 1 aliphatic heterocycles. The molecule has 0 saturated carbocycles. The SMILES string of the molecule is C[C@]1(C2=CN(C(F)F)NN2)C[C@@H](C(=O)Nc2cnc(-n3nccn3)c(Cl)c2)c2cnc3cc(F)nn3c21. The maximum Gasteiger partial charge on any atom is 0.329 e. The molecule has 0 saturated heterocycles. The van der Waals surface area contributed by atoms with Gasteiger partial charge in [0, 0.05) is 24.0 Å². The molecule has 0 aromatic carbocycles. The van der Waals surface area contributed by atoms with E-state index < -0.39 is 29.7 Å². The van der Waals surface area contributed by atoms with Gasteiger partial charge >= 0.3 is 6.55 Å². The van der Waals surface area contributed by atoms with Crippen LogP contribution in [-0.2, 0) is 10.2 Å². The minimum absolute atomic E-state index is 0.157. The third kappa shape index (κ3) is 3.74. The van der Waals surface area contributed by atoms with E-state index in [1.165, 1.54) is 46.4 Å². The van der Waals surface area contributed by atoms with Crippen LogP contribution in [0, 0.1) is 5.95 Å². The van der Waals surface area contributed by atoms with E-state index >= 15 is 0 Å². The number of aromatic nitrogens is 7. The molecule has 0 spiro atoms. The van der Waals surface area contributed by atoms with Gasteiger partial charge in [0.1, 0.15) is 0 Å².